The minimum absolute atomic E-state index is 0.151. The number of para-hydroxylation sites is 1. The standard InChI is InChI=1S/C21H19BrN6O2S/c1-28(2)11-18(29)26-20-23-15-8-7-12(9-16(15)24-20)10-17-19(30)27-21(31-17)25-14-6-4-3-5-13(14)22/h3-10H,11H2,1-2H3,(H,25,27,30)(H2,23,24,26,29)/b17-10+. The summed E-state index contributed by atoms with van der Waals surface area (Å²) in [6, 6.07) is 13.2. The molecule has 1 fully saturated rings. The number of hydrogen-bond acceptors (Lipinski definition) is 6. The molecule has 1 aliphatic rings. The van der Waals surface area contributed by atoms with Crippen molar-refractivity contribution in [2.75, 3.05) is 26.0 Å². The molecule has 0 atom stereocenters. The minimum atomic E-state index is -0.197. The highest BCUT2D eigenvalue weighted by atomic mass is 79.9. The van der Waals surface area contributed by atoms with Crippen LogP contribution in [0.3, 0.4) is 0 Å². The zero-order valence-electron chi connectivity index (χ0n) is 16.8. The van der Waals surface area contributed by atoms with E-state index in [-0.39, 0.29) is 18.4 Å². The number of imidazole rings is 1. The fourth-order valence-electron chi connectivity index (χ4n) is 2.92. The molecule has 10 heteroatoms. The van der Waals surface area contributed by atoms with E-state index >= 15 is 0 Å². The summed E-state index contributed by atoms with van der Waals surface area (Å²) in [7, 11) is 3.65. The molecule has 0 bridgehead atoms. The Kier molecular flexibility index (Phi) is 6.21. The number of likely N-dealkylation sites (N-methyl/N-ethyl adjacent to an activating group) is 1. The van der Waals surface area contributed by atoms with Gasteiger partial charge in [-0.15, -0.1) is 0 Å². The molecule has 2 amide bonds. The number of amides is 2. The summed E-state index contributed by atoms with van der Waals surface area (Å²) < 4.78 is 0.855. The monoisotopic (exact) mass is 498 g/mol. The van der Waals surface area contributed by atoms with E-state index in [0.717, 1.165) is 26.8 Å². The number of halogens is 1. The number of nitrogens with zero attached hydrogens (tertiary/aromatic N) is 3. The number of hydrogen-bond donors (Lipinski definition) is 3. The zero-order valence-corrected chi connectivity index (χ0v) is 19.2. The Morgan fingerprint density at radius 3 is 2.87 bits per heavy atom. The summed E-state index contributed by atoms with van der Waals surface area (Å²) in [6.07, 6.45) is 1.80. The largest absolute Gasteiger partial charge is 0.324 e. The third-order valence-corrected chi connectivity index (χ3v) is 5.83. The van der Waals surface area contributed by atoms with E-state index in [4.69, 9.17) is 0 Å². The number of amidine groups is 1. The van der Waals surface area contributed by atoms with Gasteiger partial charge in [-0.2, -0.15) is 0 Å². The number of aliphatic imine (C=N–C) groups is 1. The van der Waals surface area contributed by atoms with Crippen LogP contribution in [0.4, 0.5) is 11.6 Å². The highest BCUT2D eigenvalue weighted by Gasteiger charge is 2.24. The van der Waals surface area contributed by atoms with E-state index in [1.54, 1.807) is 11.0 Å². The summed E-state index contributed by atoms with van der Waals surface area (Å²) in [5, 5.41) is 6.06. The number of H-pyrrole nitrogens is 1. The van der Waals surface area contributed by atoms with Crippen LogP contribution in [-0.4, -0.2) is 52.5 Å². The number of carbonyl (C=O) groups excluding carboxylic acids is 2. The van der Waals surface area contributed by atoms with Crippen molar-refractivity contribution >= 4 is 73.4 Å². The molecule has 3 aromatic rings. The van der Waals surface area contributed by atoms with Crippen LogP contribution in [0, 0.1) is 0 Å². The lowest BCUT2D eigenvalue weighted by Gasteiger charge is -2.07. The zero-order chi connectivity index (χ0) is 22.0. The van der Waals surface area contributed by atoms with Crippen LogP contribution < -0.4 is 10.6 Å². The molecule has 0 spiro atoms. The molecule has 0 aliphatic carbocycles. The molecular formula is C21H19BrN6O2S. The Labute approximate surface area is 191 Å². The van der Waals surface area contributed by atoms with Crippen LogP contribution >= 0.6 is 27.7 Å². The molecule has 0 unspecified atom stereocenters. The highest BCUT2D eigenvalue weighted by molar-refractivity contribution is 9.10. The lowest BCUT2D eigenvalue weighted by Crippen LogP contribution is -2.27. The summed E-state index contributed by atoms with van der Waals surface area (Å²) in [5.74, 6) is 0.0435. The van der Waals surface area contributed by atoms with Crippen molar-refractivity contribution in [3.63, 3.8) is 0 Å². The lowest BCUT2D eigenvalue weighted by molar-refractivity contribution is -0.117. The molecule has 2 heterocycles. The van der Waals surface area contributed by atoms with Crippen LogP contribution in [0.5, 0.6) is 0 Å². The van der Waals surface area contributed by atoms with E-state index in [1.807, 2.05) is 56.6 Å². The van der Waals surface area contributed by atoms with E-state index in [1.165, 1.54) is 11.8 Å². The molecule has 1 aromatic heterocycles. The van der Waals surface area contributed by atoms with Crippen LogP contribution in [-0.2, 0) is 9.59 Å². The van der Waals surface area contributed by atoms with Gasteiger partial charge >= 0.3 is 0 Å². The molecule has 3 N–H and O–H groups in total. The molecule has 0 radical (unpaired) electrons. The van der Waals surface area contributed by atoms with Crippen molar-refractivity contribution < 1.29 is 9.59 Å². The van der Waals surface area contributed by atoms with Crippen LogP contribution in [0.2, 0.25) is 0 Å². The first-order chi connectivity index (χ1) is 14.9. The number of aromatic amines is 1. The number of carbonyl (C=O) groups is 2. The second kappa shape index (κ2) is 9.04. The SMILES string of the molecule is CN(C)CC(=O)Nc1nc2ccc(/C=C3/S/C(=N/c4ccccc4Br)NC3=O)cc2[nH]1. The summed E-state index contributed by atoms with van der Waals surface area (Å²) >= 11 is 4.74. The number of thioether (sulfide) groups is 1. The lowest BCUT2D eigenvalue weighted by atomic mass is 10.2. The summed E-state index contributed by atoms with van der Waals surface area (Å²) in [4.78, 5) is 38.6. The fourth-order valence-corrected chi connectivity index (χ4v) is 4.13. The third kappa shape index (κ3) is 5.22. The van der Waals surface area contributed by atoms with Crippen LogP contribution in [0.1, 0.15) is 5.56 Å². The Morgan fingerprint density at radius 2 is 2.10 bits per heavy atom. The maximum absolute atomic E-state index is 12.4. The molecule has 31 heavy (non-hydrogen) atoms. The second-order valence-corrected chi connectivity index (χ2v) is 8.97. The van der Waals surface area contributed by atoms with E-state index in [2.05, 4.69) is 41.5 Å². The number of anilines is 1. The number of nitrogens with one attached hydrogen (secondary N) is 3. The first kappa shape index (κ1) is 21.3. The first-order valence-corrected chi connectivity index (χ1v) is 11.0. The van der Waals surface area contributed by atoms with Crippen molar-refractivity contribution in [3.05, 3.63) is 57.4 Å². The van der Waals surface area contributed by atoms with E-state index < -0.39 is 0 Å². The topological polar surface area (TPSA) is 102 Å². The van der Waals surface area contributed by atoms with Gasteiger partial charge in [0.2, 0.25) is 11.9 Å². The van der Waals surface area contributed by atoms with Gasteiger partial charge in [0.05, 0.1) is 28.2 Å². The fraction of sp³-hybridized carbons (Fsp3) is 0.143. The van der Waals surface area contributed by atoms with Gasteiger partial charge in [0.25, 0.3) is 5.91 Å². The Hall–Kier alpha value is -2.95. The molecule has 1 aliphatic heterocycles. The molecule has 0 saturated carbocycles. The molecular weight excluding hydrogens is 480 g/mol. The maximum atomic E-state index is 12.4. The number of fused-ring (bicyclic) bond motifs is 1. The van der Waals surface area contributed by atoms with E-state index in [9.17, 15) is 9.59 Å². The Morgan fingerprint density at radius 1 is 1.29 bits per heavy atom. The second-order valence-electron chi connectivity index (χ2n) is 7.08. The number of benzene rings is 2. The average molecular weight is 499 g/mol. The predicted molar refractivity (Wildman–Crippen MR) is 128 cm³/mol. The van der Waals surface area contributed by atoms with Crippen molar-refractivity contribution in [1.82, 2.24) is 20.2 Å². The van der Waals surface area contributed by atoms with Gasteiger partial charge in [-0.3, -0.25) is 14.9 Å². The van der Waals surface area contributed by atoms with Crippen molar-refractivity contribution in [2.45, 2.75) is 0 Å². The minimum Gasteiger partial charge on any atom is -0.324 e. The smallest absolute Gasteiger partial charge is 0.264 e. The van der Waals surface area contributed by atoms with Gasteiger partial charge in [-0.05, 0) is 77.7 Å². The van der Waals surface area contributed by atoms with Gasteiger partial charge < -0.3 is 15.2 Å². The Bertz CT molecular complexity index is 1230. The molecule has 1 saturated heterocycles. The van der Waals surface area contributed by atoms with Gasteiger partial charge in [0.15, 0.2) is 5.17 Å². The summed E-state index contributed by atoms with van der Waals surface area (Å²) in [5.41, 5.74) is 3.07. The molecule has 2 aromatic carbocycles. The maximum Gasteiger partial charge on any atom is 0.264 e. The predicted octanol–water partition coefficient (Wildman–Crippen LogP) is 3.72. The third-order valence-electron chi connectivity index (χ3n) is 4.25. The Balaban J connectivity index is 1.53. The van der Waals surface area contributed by atoms with Crippen LogP contribution in [0.25, 0.3) is 17.1 Å². The molecule has 158 valence electrons. The number of rotatable bonds is 5. The number of aromatic nitrogens is 2. The highest BCUT2D eigenvalue weighted by Crippen LogP contribution is 2.31. The van der Waals surface area contributed by atoms with E-state index in [0.29, 0.717) is 16.0 Å². The van der Waals surface area contributed by atoms with Gasteiger partial charge in [-0.25, -0.2) is 9.98 Å². The average Bonchev–Trinajstić information content (AvgIpc) is 3.25. The summed E-state index contributed by atoms with van der Waals surface area (Å²) in [6.45, 7) is 0.268. The van der Waals surface area contributed by atoms with Gasteiger partial charge in [0.1, 0.15) is 0 Å². The van der Waals surface area contributed by atoms with Crippen molar-refractivity contribution in [1.29, 1.82) is 0 Å². The van der Waals surface area contributed by atoms with Crippen molar-refractivity contribution in [3.8, 4) is 0 Å². The van der Waals surface area contributed by atoms with Gasteiger partial charge in [-0.1, -0.05) is 18.2 Å². The quantitative estimate of drug-likeness (QED) is 0.465. The van der Waals surface area contributed by atoms with Crippen LogP contribution in [0.15, 0.2) is 56.8 Å². The van der Waals surface area contributed by atoms with Gasteiger partial charge in [0, 0.05) is 4.47 Å². The first-order valence-electron chi connectivity index (χ1n) is 9.36. The molecule has 4 rings (SSSR count). The normalized spacial score (nSPS) is 16.5. The molecule has 8 nitrogen and oxygen atoms in total. The van der Waals surface area contributed by atoms with Crippen molar-refractivity contribution in [2.24, 2.45) is 4.99 Å².